The van der Waals surface area contributed by atoms with Crippen molar-refractivity contribution >= 4 is 5.97 Å². The van der Waals surface area contributed by atoms with E-state index in [2.05, 4.69) is 6.07 Å². The highest BCUT2D eigenvalue weighted by atomic mass is 16.5. The van der Waals surface area contributed by atoms with Crippen molar-refractivity contribution in [3.63, 3.8) is 0 Å². The van der Waals surface area contributed by atoms with Gasteiger partial charge in [0, 0.05) is 12.6 Å². The van der Waals surface area contributed by atoms with Gasteiger partial charge in [-0.3, -0.25) is 9.69 Å². The number of hydrogen-bond acceptors (Lipinski definition) is 4. The Morgan fingerprint density at radius 2 is 2.00 bits per heavy atom. The summed E-state index contributed by atoms with van der Waals surface area (Å²) in [6.45, 7) is 7.25. The molecule has 0 spiro atoms. The van der Waals surface area contributed by atoms with Crippen LogP contribution in [0, 0.1) is 11.3 Å². The number of carbonyl (C=O) groups excluding carboxylic acids is 1. The second-order valence-electron chi connectivity index (χ2n) is 4.61. The van der Waals surface area contributed by atoms with Crippen molar-refractivity contribution in [2.75, 3.05) is 13.2 Å². The lowest BCUT2D eigenvalue weighted by Crippen LogP contribution is -2.36. The normalized spacial score (nSPS) is 10.5. The molecule has 1 aromatic rings. The predicted octanol–water partition coefficient (Wildman–Crippen LogP) is 2.33. The molecule has 0 radical (unpaired) electrons. The van der Waals surface area contributed by atoms with Crippen molar-refractivity contribution in [2.45, 2.75) is 33.4 Å². The highest BCUT2D eigenvalue weighted by Gasteiger charge is 2.15. The Bertz CT molecular complexity index is 446. The maximum absolute atomic E-state index is 11.5. The number of benzene rings is 1. The summed E-state index contributed by atoms with van der Waals surface area (Å²) in [5.74, 6) is -0.204. The van der Waals surface area contributed by atoms with Crippen LogP contribution in [0.1, 0.15) is 31.9 Å². The van der Waals surface area contributed by atoms with Gasteiger partial charge in [-0.25, -0.2) is 0 Å². The number of esters is 1. The van der Waals surface area contributed by atoms with Crippen LogP contribution in [0.2, 0.25) is 0 Å². The Morgan fingerprint density at radius 1 is 1.37 bits per heavy atom. The number of hydrogen-bond donors (Lipinski definition) is 0. The van der Waals surface area contributed by atoms with E-state index < -0.39 is 0 Å². The summed E-state index contributed by atoms with van der Waals surface area (Å²) < 4.78 is 4.97. The Kier molecular flexibility index (Phi) is 6.04. The van der Waals surface area contributed by atoms with Crippen LogP contribution in [-0.2, 0) is 16.1 Å². The summed E-state index contributed by atoms with van der Waals surface area (Å²) in [5, 5.41) is 8.76. The summed E-state index contributed by atoms with van der Waals surface area (Å²) in [7, 11) is 0. The molecule has 0 saturated heterocycles. The van der Waals surface area contributed by atoms with Gasteiger partial charge in [0.05, 0.1) is 24.8 Å². The van der Waals surface area contributed by atoms with Crippen molar-refractivity contribution in [2.24, 2.45) is 0 Å². The number of carbonyl (C=O) groups is 1. The van der Waals surface area contributed by atoms with Crippen LogP contribution in [0.5, 0.6) is 0 Å². The Hall–Kier alpha value is -1.86. The third kappa shape index (κ3) is 5.11. The first-order valence-corrected chi connectivity index (χ1v) is 6.45. The van der Waals surface area contributed by atoms with E-state index in [0.29, 0.717) is 18.7 Å². The zero-order chi connectivity index (χ0) is 14.3. The number of rotatable bonds is 6. The largest absolute Gasteiger partial charge is 0.465 e. The minimum Gasteiger partial charge on any atom is -0.465 e. The molecule has 4 nitrogen and oxygen atoms in total. The van der Waals surface area contributed by atoms with Crippen molar-refractivity contribution in [1.29, 1.82) is 5.26 Å². The van der Waals surface area contributed by atoms with Crippen molar-refractivity contribution in [3.05, 3.63) is 35.4 Å². The van der Waals surface area contributed by atoms with Crippen molar-refractivity contribution < 1.29 is 9.53 Å². The molecule has 0 fully saturated rings. The smallest absolute Gasteiger partial charge is 0.320 e. The van der Waals surface area contributed by atoms with Crippen molar-refractivity contribution in [1.82, 2.24) is 4.90 Å². The summed E-state index contributed by atoms with van der Waals surface area (Å²) in [6.07, 6.45) is 0. The fourth-order valence-electron chi connectivity index (χ4n) is 1.71. The van der Waals surface area contributed by atoms with Crippen LogP contribution in [-0.4, -0.2) is 30.1 Å². The fourth-order valence-corrected chi connectivity index (χ4v) is 1.71. The van der Waals surface area contributed by atoms with E-state index in [1.54, 1.807) is 19.1 Å². The molecule has 0 atom stereocenters. The Labute approximate surface area is 114 Å². The van der Waals surface area contributed by atoms with E-state index in [1.165, 1.54) is 0 Å². The number of nitrogens with zero attached hydrogens (tertiary/aromatic N) is 2. The molecule has 0 aliphatic rings. The average Bonchev–Trinajstić information content (AvgIpc) is 2.39. The molecule has 19 heavy (non-hydrogen) atoms. The van der Waals surface area contributed by atoms with E-state index in [0.717, 1.165) is 5.56 Å². The van der Waals surface area contributed by atoms with E-state index in [9.17, 15) is 4.79 Å². The molecule has 0 saturated carbocycles. The molecule has 0 bridgehead atoms. The second kappa shape index (κ2) is 7.55. The minimum absolute atomic E-state index is 0.204. The lowest BCUT2D eigenvalue weighted by molar-refractivity contribution is -0.145. The highest BCUT2D eigenvalue weighted by molar-refractivity contribution is 5.71. The molecule has 4 heteroatoms. The van der Waals surface area contributed by atoms with Gasteiger partial charge >= 0.3 is 5.97 Å². The predicted molar refractivity (Wildman–Crippen MR) is 73.3 cm³/mol. The minimum atomic E-state index is -0.204. The molecule has 0 amide bonds. The molecule has 0 N–H and O–H groups in total. The van der Waals surface area contributed by atoms with Gasteiger partial charge in [-0.1, -0.05) is 12.1 Å². The monoisotopic (exact) mass is 260 g/mol. The van der Waals surface area contributed by atoms with Crippen molar-refractivity contribution in [3.8, 4) is 6.07 Å². The van der Waals surface area contributed by atoms with Gasteiger partial charge in [0.2, 0.25) is 0 Å². The van der Waals surface area contributed by atoms with Gasteiger partial charge in [0.15, 0.2) is 0 Å². The van der Waals surface area contributed by atoms with Gasteiger partial charge in [-0.05, 0) is 38.5 Å². The highest BCUT2D eigenvalue weighted by Crippen LogP contribution is 2.10. The first kappa shape index (κ1) is 15.2. The van der Waals surface area contributed by atoms with E-state index in [1.807, 2.05) is 30.9 Å². The van der Waals surface area contributed by atoms with E-state index >= 15 is 0 Å². The molecule has 0 aliphatic carbocycles. The molecule has 102 valence electrons. The Morgan fingerprint density at radius 3 is 2.47 bits per heavy atom. The second-order valence-corrected chi connectivity index (χ2v) is 4.61. The lowest BCUT2D eigenvalue weighted by Gasteiger charge is -2.25. The topological polar surface area (TPSA) is 53.3 Å². The third-order valence-electron chi connectivity index (χ3n) is 2.84. The SMILES string of the molecule is CCOC(=O)CN(Cc1ccc(C#N)cc1)C(C)C. The molecular weight excluding hydrogens is 240 g/mol. The van der Waals surface area contributed by atoms with E-state index in [-0.39, 0.29) is 18.6 Å². The molecule has 1 rings (SSSR count). The molecule has 0 heterocycles. The van der Waals surface area contributed by atoms with Gasteiger partial charge in [-0.2, -0.15) is 5.26 Å². The zero-order valence-electron chi connectivity index (χ0n) is 11.7. The van der Waals surface area contributed by atoms with Gasteiger partial charge in [-0.15, -0.1) is 0 Å². The van der Waals surface area contributed by atoms with Gasteiger partial charge in [0.1, 0.15) is 0 Å². The number of nitriles is 1. The first-order valence-electron chi connectivity index (χ1n) is 6.45. The summed E-state index contributed by atoms with van der Waals surface area (Å²) in [6, 6.07) is 9.75. The molecule has 0 aromatic heterocycles. The van der Waals surface area contributed by atoms with Gasteiger partial charge < -0.3 is 4.74 Å². The quantitative estimate of drug-likeness (QED) is 0.737. The summed E-state index contributed by atoms with van der Waals surface area (Å²) >= 11 is 0. The fraction of sp³-hybridized carbons (Fsp3) is 0.467. The average molecular weight is 260 g/mol. The summed E-state index contributed by atoms with van der Waals surface area (Å²) in [4.78, 5) is 13.6. The summed E-state index contributed by atoms with van der Waals surface area (Å²) in [5.41, 5.74) is 1.72. The van der Waals surface area contributed by atoms with Crippen LogP contribution in [0.4, 0.5) is 0 Å². The first-order chi connectivity index (χ1) is 9.06. The third-order valence-corrected chi connectivity index (χ3v) is 2.84. The van der Waals surface area contributed by atoms with Crippen LogP contribution >= 0.6 is 0 Å². The molecule has 0 aliphatic heterocycles. The van der Waals surface area contributed by atoms with Crippen LogP contribution in [0.15, 0.2) is 24.3 Å². The van der Waals surface area contributed by atoms with Gasteiger partial charge in [0.25, 0.3) is 0 Å². The van der Waals surface area contributed by atoms with Crippen LogP contribution in [0.3, 0.4) is 0 Å². The molecule has 1 aromatic carbocycles. The van der Waals surface area contributed by atoms with E-state index in [4.69, 9.17) is 10.00 Å². The van der Waals surface area contributed by atoms with Crippen LogP contribution in [0.25, 0.3) is 0 Å². The number of ether oxygens (including phenoxy) is 1. The molecular formula is C15H20N2O2. The maximum atomic E-state index is 11.5. The zero-order valence-corrected chi connectivity index (χ0v) is 11.7. The van der Waals surface area contributed by atoms with Crippen LogP contribution < -0.4 is 0 Å². The standard InChI is InChI=1S/C15H20N2O2/c1-4-19-15(18)11-17(12(2)3)10-14-7-5-13(9-16)6-8-14/h5-8,12H,4,10-11H2,1-3H3. The molecule has 0 unspecified atom stereocenters. The lowest BCUT2D eigenvalue weighted by atomic mass is 10.1. The Balaban J connectivity index is 2.67. The maximum Gasteiger partial charge on any atom is 0.320 e.